The molecule has 0 aliphatic rings. The van der Waals surface area contributed by atoms with Gasteiger partial charge in [-0.15, -0.1) is 0 Å². The Balaban J connectivity index is 1.85. The third-order valence-electron chi connectivity index (χ3n) is 2.63. The molecule has 0 spiro atoms. The molecule has 6 heteroatoms. The lowest BCUT2D eigenvalue weighted by Crippen LogP contribution is -2.12. The van der Waals surface area contributed by atoms with Crippen LogP contribution in [0.25, 0.3) is 0 Å². The second-order valence-corrected chi connectivity index (χ2v) is 4.18. The number of anilines is 1. The minimum absolute atomic E-state index is 0.117. The van der Waals surface area contributed by atoms with E-state index in [0.29, 0.717) is 24.5 Å². The standard InChI is InChI=1S/C14H15N3O3/c1-20-14-15-8-10(9-16-14)5-6-13(19)17-11-3-2-4-12(18)7-11/h2-4,7-9,18H,5-6H2,1H3,(H,17,19). The van der Waals surface area contributed by atoms with Crippen molar-refractivity contribution in [3.05, 3.63) is 42.2 Å². The molecule has 0 fully saturated rings. The van der Waals surface area contributed by atoms with Gasteiger partial charge in [0.1, 0.15) is 5.75 Å². The number of aromatic nitrogens is 2. The zero-order chi connectivity index (χ0) is 14.4. The molecule has 104 valence electrons. The molecule has 1 amide bonds. The number of methoxy groups -OCH3 is 1. The SMILES string of the molecule is COc1ncc(CCC(=O)Nc2cccc(O)c2)cn1. The number of phenols is 1. The highest BCUT2D eigenvalue weighted by atomic mass is 16.5. The van der Waals surface area contributed by atoms with Crippen molar-refractivity contribution < 1.29 is 14.6 Å². The van der Waals surface area contributed by atoms with E-state index in [1.807, 2.05) is 0 Å². The first-order valence-corrected chi connectivity index (χ1v) is 6.11. The van der Waals surface area contributed by atoms with Gasteiger partial charge in [0.25, 0.3) is 0 Å². The molecule has 0 saturated carbocycles. The van der Waals surface area contributed by atoms with Crippen LogP contribution in [-0.2, 0) is 11.2 Å². The van der Waals surface area contributed by atoms with Gasteiger partial charge in [-0.3, -0.25) is 4.79 Å². The van der Waals surface area contributed by atoms with E-state index in [0.717, 1.165) is 5.56 Å². The van der Waals surface area contributed by atoms with Crippen LogP contribution < -0.4 is 10.1 Å². The predicted molar refractivity (Wildman–Crippen MR) is 73.6 cm³/mol. The number of carbonyl (C=O) groups is 1. The first-order chi connectivity index (χ1) is 9.67. The molecular weight excluding hydrogens is 258 g/mol. The van der Waals surface area contributed by atoms with Gasteiger partial charge in [-0.05, 0) is 24.1 Å². The molecule has 0 saturated heterocycles. The van der Waals surface area contributed by atoms with E-state index in [4.69, 9.17) is 4.74 Å². The Morgan fingerprint density at radius 2 is 2.10 bits per heavy atom. The lowest BCUT2D eigenvalue weighted by atomic mass is 10.2. The van der Waals surface area contributed by atoms with Gasteiger partial charge in [-0.25, -0.2) is 9.97 Å². The van der Waals surface area contributed by atoms with Crippen LogP contribution in [0.2, 0.25) is 0 Å². The summed E-state index contributed by atoms with van der Waals surface area (Å²) in [5.41, 5.74) is 1.43. The van der Waals surface area contributed by atoms with E-state index in [-0.39, 0.29) is 11.7 Å². The van der Waals surface area contributed by atoms with Crippen LogP contribution in [0.1, 0.15) is 12.0 Å². The van der Waals surface area contributed by atoms with Gasteiger partial charge < -0.3 is 15.2 Å². The molecule has 1 heterocycles. The monoisotopic (exact) mass is 273 g/mol. The van der Waals surface area contributed by atoms with Gasteiger partial charge >= 0.3 is 6.01 Å². The highest BCUT2D eigenvalue weighted by molar-refractivity contribution is 5.90. The summed E-state index contributed by atoms with van der Waals surface area (Å²) < 4.78 is 4.86. The number of carbonyl (C=O) groups excluding carboxylic acids is 1. The number of hydrogen-bond donors (Lipinski definition) is 2. The summed E-state index contributed by atoms with van der Waals surface area (Å²) in [6.07, 6.45) is 4.11. The largest absolute Gasteiger partial charge is 0.508 e. The van der Waals surface area contributed by atoms with E-state index in [2.05, 4.69) is 15.3 Å². The molecule has 2 N–H and O–H groups in total. The van der Waals surface area contributed by atoms with Crippen LogP contribution in [-0.4, -0.2) is 28.1 Å². The topological polar surface area (TPSA) is 84.3 Å². The minimum atomic E-state index is -0.133. The summed E-state index contributed by atoms with van der Waals surface area (Å²) in [6.45, 7) is 0. The van der Waals surface area contributed by atoms with Gasteiger partial charge in [-0.2, -0.15) is 0 Å². The Hall–Kier alpha value is -2.63. The van der Waals surface area contributed by atoms with Gasteiger partial charge in [0, 0.05) is 30.6 Å². The summed E-state index contributed by atoms with van der Waals surface area (Å²) in [5.74, 6) is -0.0160. The number of nitrogens with one attached hydrogen (secondary N) is 1. The maximum atomic E-state index is 11.8. The third kappa shape index (κ3) is 3.94. The fourth-order valence-corrected chi connectivity index (χ4v) is 1.64. The highest BCUT2D eigenvalue weighted by Gasteiger charge is 2.05. The number of amides is 1. The molecule has 0 atom stereocenters. The lowest BCUT2D eigenvalue weighted by Gasteiger charge is -2.05. The van der Waals surface area contributed by atoms with Crippen LogP contribution in [0.5, 0.6) is 11.8 Å². The second-order valence-electron chi connectivity index (χ2n) is 4.18. The van der Waals surface area contributed by atoms with Gasteiger partial charge in [0.2, 0.25) is 5.91 Å². The average molecular weight is 273 g/mol. The molecule has 0 bridgehead atoms. The molecule has 0 aliphatic carbocycles. The van der Waals surface area contributed by atoms with Crippen molar-refractivity contribution in [3.8, 4) is 11.8 Å². The summed E-state index contributed by atoms with van der Waals surface area (Å²) in [7, 11) is 1.50. The van der Waals surface area contributed by atoms with Crippen molar-refractivity contribution in [1.82, 2.24) is 9.97 Å². The maximum Gasteiger partial charge on any atom is 0.316 e. The second kappa shape index (κ2) is 6.51. The molecule has 2 rings (SSSR count). The van der Waals surface area contributed by atoms with Crippen LogP contribution in [0.3, 0.4) is 0 Å². The van der Waals surface area contributed by atoms with E-state index in [1.54, 1.807) is 30.6 Å². The minimum Gasteiger partial charge on any atom is -0.508 e. The fourth-order valence-electron chi connectivity index (χ4n) is 1.64. The lowest BCUT2D eigenvalue weighted by molar-refractivity contribution is -0.116. The number of hydrogen-bond acceptors (Lipinski definition) is 5. The van der Waals surface area contributed by atoms with Gasteiger partial charge in [0.15, 0.2) is 0 Å². The van der Waals surface area contributed by atoms with Crippen LogP contribution >= 0.6 is 0 Å². The van der Waals surface area contributed by atoms with Crippen molar-refractivity contribution in [2.24, 2.45) is 0 Å². The molecule has 0 radical (unpaired) electrons. The van der Waals surface area contributed by atoms with Gasteiger partial charge in [-0.1, -0.05) is 6.07 Å². The number of ether oxygens (including phenoxy) is 1. The summed E-state index contributed by atoms with van der Waals surface area (Å²) in [5, 5.41) is 12.0. The Bertz CT molecular complexity index is 584. The highest BCUT2D eigenvalue weighted by Crippen LogP contribution is 2.15. The van der Waals surface area contributed by atoms with E-state index in [9.17, 15) is 9.90 Å². The van der Waals surface area contributed by atoms with Crippen molar-refractivity contribution in [2.75, 3.05) is 12.4 Å². The average Bonchev–Trinajstić information content (AvgIpc) is 2.46. The molecule has 2 aromatic rings. The van der Waals surface area contributed by atoms with Crippen LogP contribution in [0.15, 0.2) is 36.7 Å². The number of aromatic hydroxyl groups is 1. The Morgan fingerprint density at radius 3 is 2.75 bits per heavy atom. The first kappa shape index (κ1) is 13.8. The zero-order valence-corrected chi connectivity index (χ0v) is 11.0. The summed E-state index contributed by atoms with van der Waals surface area (Å²) in [6, 6.07) is 6.73. The Morgan fingerprint density at radius 1 is 1.35 bits per heavy atom. The smallest absolute Gasteiger partial charge is 0.316 e. The molecule has 6 nitrogen and oxygen atoms in total. The van der Waals surface area contributed by atoms with Crippen LogP contribution in [0, 0.1) is 0 Å². The van der Waals surface area contributed by atoms with E-state index < -0.39 is 0 Å². The predicted octanol–water partition coefficient (Wildman–Crippen LogP) is 1.76. The Kier molecular flexibility index (Phi) is 4.49. The van der Waals surface area contributed by atoms with E-state index >= 15 is 0 Å². The molecule has 20 heavy (non-hydrogen) atoms. The normalized spacial score (nSPS) is 10.1. The number of aryl methyl sites for hydroxylation is 1. The number of benzene rings is 1. The van der Waals surface area contributed by atoms with Crippen LogP contribution in [0.4, 0.5) is 5.69 Å². The molecular formula is C14H15N3O3. The third-order valence-corrected chi connectivity index (χ3v) is 2.63. The molecule has 1 aromatic heterocycles. The van der Waals surface area contributed by atoms with Crippen molar-refractivity contribution in [3.63, 3.8) is 0 Å². The summed E-state index contributed by atoms with van der Waals surface area (Å²) in [4.78, 5) is 19.7. The first-order valence-electron chi connectivity index (χ1n) is 6.11. The molecule has 1 aromatic carbocycles. The van der Waals surface area contributed by atoms with Crippen molar-refractivity contribution in [2.45, 2.75) is 12.8 Å². The number of rotatable bonds is 5. The maximum absolute atomic E-state index is 11.8. The number of phenolic OH excluding ortho intramolecular Hbond substituents is 1. The zero-order valence-electron chi connectivity index (χ0n) is 11.0. The molecule has 0 aliphatic heterocycles. The van der Waals surface area contributed by atoms with E-state index in [1.165, 1.54) is 13.2 Å². The molecule has 0 unspecified atom stereocenters. The Labute approximate surface area is 116 Å². The number of nitrogens with zero attached hydrogens (tertiary/aromatic N) is 2. The van der Waals surface area contributed by atoms with Crippen molar-refractivity contribution in [1.29, 1.82) is 0 Å². The summed E-state index contributed by atoms with van der Waals surface area (Å²) >= 11 is 0. The van der Waals surface area contributed by atoms with Gasteiger partial charge in [0.05, 0.1) is 7.11 Å². The fraction of sp³-hybridized carbons (Fsp3) is 0.214. The van der Waals surface area contributed by atoms with Crippen molar-refractivity contribution >= 4 is 11.6 Å². The quantitative estimate of drug-likeness (QED) is 0.867.